The highest BCUT2D eigenvalue weighted by Crippen LogP contribution is 2.29. The molecule has 2 atom stereocenters. The number of piperidine rings is 1. The highest BCUT2D eigenvalue weighted by Gasteiger charge is 2.27. The van der Waals surface area contributed by atoms with E-state index in [4.69, 9.17) is 0 Å². The van der Waals surface area contributed by atoms with Crippen LogP contribution in [0.15, 0.2) is 0 Å². The fourth-order valence-electron chi connectivity index (χ4n) is 3.28. The first-order valence-corrected chi connectivity index (χ1v) is 8.61. The number of hydrogen-bond acceptors (Lipinski definition) is 3. The Morgan fingerprint density at radius 1 is 1.12 bits per heavy atom. The van der Waals surface area contributed by atoms with Gasteiger partial charge in [-0.15, -0.1) is 0 Å². The van der Waals surface area contributed by atoms with Crippen LogP contribution in [0.3, 0.4) is 0 Å². The zero-order valence-corrected chi connectivity index (χ0v) is 12.3. The van der Waals surface area contributed by atoms with Gasteiger partial charge < -0.3 is 10.2 Å². The van der Waals surface area contributed by atoms with E-state index in [0.717, 1.165) is 17.3 Å². The second kappa shape index (κ2) is 7.01. The van der Waals surface area contributed by atoms with Crippen LogP contribution in [0.5, 0.6) is 0 Å². The number of thioether (sulfide) groups is 1. The molecule has 1 N–H and O–H groups in total. The third-order valence-corrected chi connectivity index (χ3v) is 5.41. The Balaban J connectivity index is 1.65. The molecule has 0 amide bonds. The van der Waals surface area contributed by atoms with Crippen LogP contribution in [0.25, 0.3) is 0 Å². The van der Waals surface area contributed by atoms with E-state index in [-0.39, 0.29) is 0 Å². The first kappa shape index (κ1) is 13.7. The van der Waals surface area contributed by atoms with Gasteiger partial charge in [-0.3, -0.25) is 0 Å². The quantitative estimate of drug-likeness (QED) is 0.814. The largest absolute Gasteiger partial charge is 0.311 e. The lowest BCUT2D eigenvalue weighted by Crippen LogP contribution is -2.45. The van der Waals surface area contributed by atoms with Gasteiger partial charge in [-0.2, -0.15) is 11.8 Å². The number of rotatable bonds is 5. The summed E-state index contributed by atoms with van der Waals surface area (Å²) in [6, 6.07) is 1.61. The third-order valence-electron chi connectivity index (χ3n) is 4.32. The summed E-state index contributed by atoms with van der Waals surface area (Å²) in [5.74, 6) is 0. The molecule has 0 aromatic carbocycles. The number of nitrogens with one attached hydrogen (secondary N) is 1. The molecule has 1 heterocycles. The Labute approximate surface area is 111 Å². The normalized spacial score (nSPS) is 32.1. The fraction of sp³-hybridized carbons (Fsp3) is 1.00. The molecule has 2 fully saturated rings. The summed E-state index contributed by atoms with van der Waals surface area (Å²) in [5, 5.41) is 4.83. The molecule has 2 aliphatic rings. The minimum absolute atomic E-state index is 0.800. The monoisotopic (exact) mass is 256 g/mol. The second-order valence-corrected chi connectivity index (χ2v) is 6.79. The number of hydrogen-bond donors (Lipinski definition) is 1. The van der Waals surface area contributed by atoms with Gasteiger partial charge in [0.15, 0.2) is 0 Å². The molecule has 1 saturated carbocycles. The summed E-state index contributed by atoms with van der Waals surface area (Å²) in [6.45, 7) is 6.20. The van der Waals surface area contributed by atoms with Crippen LogP contribution in [0, 0.1) is 0 Å². The van der Waals surface area contributed by atoms with Crippen molar-refractivity contribution in [3.05, 3.63) is 0 Å². The predicted octanol–water partition coefficient (Wildman–Crippen LogP) is 2.73. The summed E-state index contributed by atoms with van der Waals surface area (Å²) in [7, 11) is 0. The van der Waals surface area contributed by atoms with Crippen LogP contribution < -0.4 is 5.32 Å². The van der Waals surface area contributed by atoms with Crippen LogP contribution in [-0.4, -0.2) is 48.1 Å². The molecule has 3 heteroatoms. The highest BCUT2D eigenvalue weighted by molar-refractivity contribution is 7.99. The number of likely N-dealkylation sites (tertiary alicyclic amines) is 1. The van der Waals surface area contributed by atoms with Crippen molar-refractivity contribution in [2.45, 2.75) is 62.8 Å². The Morgan fingerprint density at radius 3 is 2.47 bits per heavy atom. The van der Waals surface area contributed by atoms with E-state index >= 15 is 0 Å². The van der Waals surface area contributed by atoms with Gasteiger partial charge in [0, 0.05) is 17.3 Å². The fourth-order valence-corrected chi connectivity index (χ4v) is 4.07. The van der Waals surface area contributed by atoms with Crippen molar-refractivity contribution in [1.82, 2.24) is 10.2 Å². The van der Waals surface area contributed by atoms with Crippen molar-refractivity contribution in [1.29, 1.82) is 0 Å². The lowest BCUT2D eigenvalue weighted by molar-refractivity contribution is 0.191. The van der Waals surface area contributed by atoms with E-state index in [1.54, 1.807) is 0 Å². The molecule has 1 aliphatic heterocycles. The van der Waals surface area contributed by atoms with Gasteiger partial charge in [0.05, 0.1) is 0 Å². The maximum atomic E-state index is 3.90. The topological polar surface area (TPSA) is 15.3 Å². The van der Waals surface area contributed by atoms with Gasteiger partial charge in [-0.25, -0.2) is 0 Å². The van der Waals surface area contributed by atoms with Crippen LogP contribution in [0.1, 0.15) is 45.4 Å². The second-order valence-electron chi connectivity index (χ2n) is 5.65. The summed E-state index contributed by atoms with van der Waals surface area (Å²) < 4.78 is 0. The summed E-state index contributed by atoms with van der Waals surface area (Å²) in [4.78, 5) is 2.62. The van der Waals surface area contributed by atoms with Crippen molar-refractivity contribution in [3.63, 3.8) is 0 Å². The third kappa shape index (κ3) is 4.15. The lowest BCUT2D eigenvalue weighted by atomic mass is 10.0. The van der Waals surface area contributed by atoms with E-state index in [1.165, 1.54) is 58.2 Å². The molecular weight excluding hydrogens is 228 g/mol. The molecule has 0 radical (unpaired) electrons. The molecule has 100 valence electrons. The average molecular weight is 256 g/mol. The predicted molar refractivity (Wildman–Crippen MR) is 77.8 cm³/mol. The lowest BCUT2D eigenvalue weighted by Gasteiger charge is -2.33. The van der Waals surface area contributed by atoms with E-state index < -0.39 is 0 Å². The van der Waals surface area contributed by atoms with Crippen molar-refractivity contribution < 1.29 is 0 Å². The van der Waals surface area contributed by atoms with Crippen LogP contribution in [-0.2, 0) is 0 Å². The van der Waals surface area contributed by atoms with E-state index in [0.29, 0.717) is 0 Å². The average Bonchev–Trinajstić information content (AvgIpc) is 2.80. The minimum Gasteiger partial charge on any atom is -0.311 e. The van der Waals surface area contributed by atoms with Crippen LogP contribution >= 0.6 is 11.8 Å². The Hall–Kier alpha value is 0.270. The maximum Gasteiger partial charge on any atom is 0.00940 e. The van der Waals surface area contributed by atoms with Crippen LogP contribution in [0.4, 0.5) is 0 Å². The smallest absolute Gasteiger partial charge is 0.00940 e. The maximum absolute atomic E-state index is 3.90. The molecule has 0 bridgehead atoms. The molecule has 17 heavy (non-hydrogen) atoms. The minimum atomic E-state index is 0.800. The molecular formula is C14H28N2S. The van der Waals surface area contributed by atoms with Crippen molar-refractivity contribution in [2.75, 3.05) is 25.9 Å². The SMILES string of the molecule is CCCN1CCC(NC2CCC(SC)C2)CC1. The van der Waals surface area contributed by atoms with E-state index in [9.17, 15) is 0 Å². The Bertz CT molecular complexity index is 214. The van der Waals surface area contributed by atoms with Gasteiger partial charge >= 0.3 is 0 Å². The molecule has 2 nitrogen and oxygen atoms in total. The standard InChI is InChI=1S/C14H28N2S/c1-3-8-16-9-6-12(7-10-16)15-13-4-5-14(11-13)17-2/h12-15H,3-11H2,1-2H3. The highest BCUT2D eigenvalue weighted by atomic mass is 32.2. The van der Waals surface area contributed by atoms with Gasteiger partial charge in [0.2, 0.25) is 0 Å². The van der Waals surface area contributed by atoms with Crippen LogP contribution in [0.2, 0.25) is 0 Å². The first-order chi connectivity index (χ1) is 8.31. The Morgan fingerprint density at radius 2 is 1.88 bits per heavy atom. The van der Waals surface area contributed by atoms with Gasteiger partial charge in [-0.1, -0.05) is 6.92 Å². The molecule has 2 unspecified atom stereocenters. The zero-order valence-electron chi connectivity index (χ0n) is 11.5. The van der Waals surface area contributed by atoms with Crippen molar-refractivity contribution in [2.24, 2.45) is 0 Å². The van der Waals surface area contributed by atoms with Gasteiger partial charge in [-0.05, 0) is 64.4 Å². The Kier molecular flexibility index (Phi) is 5.64. The number of nitrogens with zero attached hydrogens (tertiary/aromatic N) is 1. The van der Waals surface area contributed by atoms with E-state index in [2.05, 4.69) is 35.2 Å². The molecule has 0 aromatic heterocycles. The molecule has 1 saturated heterocycles. The van der Waals surface area contributed by atoms with Crippen molar-refractivity contribution in [3.8, 4) is 0 Å². The molecule has 0 aromatic rings. The van der Waals surface area contributed by atoms with Gasteiger partial charge in [0.1, 0.15) is 0 Å². The first-order valence-electron chi connectivity index (χ1n) is 7.33. The van der Waals surface area contributed by atoms with E-state index in [1.807, 2.05) is 0 Å². The van der Waals surface area contributed by atoms with Gasteiger partial charge in [0.25, 0.3) is 0 Å². The summed E-state index contributed by atoms with van der Waals surface area (Å²) in [6.07, 6.45) is 10.5. The summed E-state index contributed by atoms with van der Waals surface area (Å²) >= 11 is 2.06. The molecule has 0 spiro atoms. The zero-order chi connectivity index (χ0) is 12.1. The molecule has 2 rings (SSSR count). The van der Waals surface area contributed by atoms with Crippen molar-refractivity contribution >= 4 is 11.8 Å². The summed E-state index contributed by atoms with van der Waals surface area (Å²) in [5.41, 5.74) is 0. The molecule has 1 aliphatic carbocycles.